The number of fused-ring (bicyclic) bond motifs is 1. The maximum Gasteiger partial charge on any atom is 0.274 e. The van der Waals surface area contributed by atoms with E-state index in [1.54, 1.807) is 16.8 Å². The lowest BCUT2D eigenvalue weighted by atomic mass is 10.4. The molecule has 2 rings (SSSR count). The van der Waals surface area contributed by atoms with E-state index in [2.05, 4.69) is 15.3 Å². The number of imidazole rings is 1. The van der Waals surface area contributed by atoms with Crippen LogP contribution in [0.25, 0.3) is 5.65 Å². The molecule has 7 nitrogen and oxygen atoms in total. The molecule has 1 N–H and O–H groups in total. The molecule has 2 heterocycles. The molecule has 106 valence electrons. The molecule has 0 aromatic carbocycles. The van der Waals surface area contributed by atoms with E-state index in [1.807, 2.05) is 6.92 Å². The molecular formula is C12H14N4O3S. The topological polar surface area (TPSA) is 93.4 Å². The van der Waals surface area contributed by atoms with Crippen LogP contribution in [0, 0.1) is 6.92 Å². The zero-order valence-corrected chi connectivity index (χ0v) is 11.9. The number of hydrogen-bond donors (Lipinski definition) is 1. The fourth-order valence-corrected chi connectivity index (χ4v) is 2.11. The molecule has 0 radical (unpaired) electrons. The molecule has 0 saturated heterocycles. The highest BCUT2D eigenvalue weighted by Crippen LogP contribution is 2.07. The van der Waals surface area contributed by atoms with Gasteiger partial charge in [-0.15, -0.1) is 0 Å². The number of amides is 1. The lowest BCUT2D eigenvalue weighted by Gasteiger charge is -2.02. The first-order valence-electron chi connectivity index (χ1n) is 5.82. The van der Waals surface area contributed by atoms with Crippen molar-refractivity contribution in [2.24, 2.45) is 0 Å². The minimum Gasteiger partial charge on any atom is -0.347 e. The second-order valence-electron chi connectivity index (χ2n) is 4.30. The lowest BCUT2D eigenvalue weighted by molar-refractivity contribution is 0.0954. The van der Waals surface area contributed by atoms with Gasteiger partial charge in [0.15, 0.2) is 21.2 Å². The predicted octanol–water partition coefficient (Wildman–Crippen LogP) is 0.326. The van der Waals surface area contributed by atoms with E-state index in [0.717, 1.165) is 17.4 Å². The first kappa shape index (κ1) is 14.2. The summed E-state index contributed by atoms with van der Waals surface area (Å²) in [6.07, 6.45) is 7.45. The van der Waals surface area contributed by atoms with Gasteiger partial charge < -0.3 is 9.72 Å². The number of aryl methyl sites for hydroxylation is 1. The van der Waals surface area contributed by atoms with Gasteiger partial charge in [0.25, 0.3) is 5.91 Å². The molecular weight excluding hydrogens is 280 g/mol. The van der Waals surface area contributed by atoms with Crippen molar-refractivity contribution in [1.82, 2.24) is 19.7 Å². The van der Waals surface area contributed by atoms with Gasteiger partial charge in [-0.3, -0.25) is 4.79 Å². The minimum atomic E-state index is -3.18. The van der Waals surface area contributed by atoms with E-state index >= 15 is 0 Å². The van der Waals surface area contributed by atoms with Gasteiger partial charge >= 0.3 is 0 Å². The molecule has 0 bridgehead atoms. The zero-order valence-electron chi connectivity index (χ0n) is 11.1. The molecule has 20 heavy (non-hydrogen) atoms. The summed E-state index contributed by atoms with van der Waals surface area (Å²) in [5.74, 6) is -0.403. The summed E-state index contributed by atoms with van der Waals surface area (Å²) in [5, 5.41) is 3.61. The van der Waals surface area contributed by atoms with Crippen molar-refractivity contribution in [2.75, 3.05) is 12.8 Å². The normalized spacial score (nSPS) is 12.1. The van der Waals surface area contributed by atoms with Gasteiger partial charge in [0.05, 0.1) is 5.69 Å². The van der Waals surface area contributed by atoms with E-state index in [4.69, 9.17) is 0 Å². The molecule has 0 aliphatic heterocycles. The van der Waals surface area contributed by atoms with Crippen LogP contribution >= 0.6 is 0 Å². The molecule has 0 spiro atoms. The Bertz CT molecular complexity index is 777. The molecule has 0 unspecified atom stereocenters. The third kappa shape index (κ3) is 3.41. The monoisotopic (exact) mass is 294 g/mol. The highest BCUT2D eigenvalue weighted by molar-refractivity contribution is 7.93. The Hall–Kier alpha value is -2.22. The van der Waals surface area contributed by atoms with Crippen molar-refractivity contribution in [2.45, 2.75) is 6.92 Å². The predicted molar refractivity (Wildman–Crippen MR) is 74.0 cm³/mol. The maximum absolute atomic E-state index is 12.0. The molecule has 0 saturated carbocycles. The van der Waals surface area contributed by atoms with Crippen LogP contribution in [-0.2, 0) is 9.84 Å². The fourth-order valence-electron chi connectivity index (χ4n) is 1.66. The van der Waals surface area contributed by atoms with Crippen molar-refractivity contribution in [3.05, 3.63) is 41.5 Å². The van der Waals surface area contributed by atoms with Crippen molar-refractivity contribution < 1.29 is 13.2 Å². The number of aromatic nitrogens is 3. The Morgan fingerprint density at radius 1 is 1.50 bits per heavy atom. The van der Waals surface area contributed by atoms with Gasteiger partial charge in [0, 0.05) is 36.8 Å². The number of carbonyl (C=O) groups excluding carboxylic acids is 1. The Labute approximate surface area is 116 Å². The van der Waals surface area contributed by atoms with Crippen LogP contribution in [-0.4, -0.2) is 41.5 Å². The van der Waals surface area contributed by atoms with Crippen molar-refractivity contribution >= 4 is 21.4 Å². The van der Waals surface area contributed by atoms with Crippen LogP contribution < -0.4 is 5.32 Å². The fraction of sp³-hybridized carbons (Fsp3) is 0.250. The third-order valence-corrected chi connectivity index (χ3v) is 3.12. The molecule has 0 aliphatic carbocycles. The molecule has 1 amide bonds. The minimum absolute atomic E-state index is 0.105. The van der Waals surface area contributed by atoms with Crippen LogP contribution in [0.4, 0.5) is 0 Å². The number of nitrogens with one attached hydrogen (secondary N) is 1. The SMILES string of the molecule is Cc1cn2ccnc(C(=O)NC/C=C/S(C)(=O)=O)c2n1. The van der Waals surface area contributed by atoms with Crippen molar-refractivity contribution in [3.63, 3.8) is 0 Å². The third-order valence-electron chi connectivity index (χ3n) is 2.43. The smallest absolute Gasteiger partial charge is 0.274 e. The maximum atomic E-state index is 12.0. The molecule has 0 atom stereocenters. The molecule has 2 aromatic rings. The van der Waals surface area contributed by atoms with Gasteiger partial charge in [0.1, 0.15) is 0 Å². The summed E-state index contributed by atoms with van der Waals surface area (Å²) in [5.41, 5.74) is 1.45. The van der Waals surface area contributed by atoms with E-state index in [0.29, 0.717) is 5.65 Å². The standard InChI is InChI=1S/C12H14N4O3S/c1-9-8-16-6-5-13-10(11(16)15-9)12(17)14-4-3-7-20(2,18)19/h3,5-8H,4H2,1-2H3,(H,14,17)/b7-3+. The van der Waals surface area contributed by atoms with Crippen LogP contribution in [0.1, 0.15) is 16.2 Å². The Kier molecular flexibility index (Phi) is 3.84. The second kappa shape index (κ2) is 5.41. The Balaban J connectivity index is 2.14. The summed E-state index contributed by atoms with van der Waals surface area (Å²) >= 11 is 0. The van der Waals surface area contributed by atoms with Gasteiger partial charge in [0.2, 0.25) is 0 Å². The highest BCUT2D eigenvalue weighted by Gasteiger charge is 2.13. The number of carbonyl (C=O) groups is 1. The van der Waals surface area contributed by atoms with E-state index in [9.17, 15) is 13.2 Å². The highest BCUT2D eigenvalue weighted by atomic mass is 32.2. The first-order valence-corrected chi connectivity index (χ1v) is 7.77. The van der Waals surface area contributed by atoms with E-state index in [1.165, 1.54) is 12.3 Å². The number of nitrogens with zero attached hydrogens (tertiary/aromatic N) is 3. The molecule has 0 aliphatic rings. The quantitative estimate of drug-likeness (QED) is 0.877. The molecule has 2 aromatic heterocycles. The van der Waals surface area contributed by atoms with Crippen molar-refractivity contribution in [3.8, 4) is 0 Å². The van der Waals surface area contributed by atoms with Crippen LogP contribution in [0.15, 0.2) is 30.1 Å². The van der Waals surface area contributed by atoms with E-state index < -0.39 is 15.7 Å². The average Bonchev–Trinajstić information content (AvgIpc) is 2.73. The lowest BCUT2D eigenvalue weighted by Crippen LogP contribution is -2.25. The largest absolute Gasteiger partial charge is 0.347 e. The molecule has 0 fully saturated rings. The summed E-state index contributed by atoms with van der Waals surface area (Å²) in [7, 11) is -3.18. The Morgan fingerprint density at radius 2 is 2.25 bits per heavy atom. The van der Waals surface area contributed by atoms with Crippen molar-refractivity contribution in [1.29, 1.82) is 0 Å². The number of sulfone groups is 1. The van der Waals surface area contributed by atoms with Crippen LogP contribution in [0.3, 0.4) is 0 Å². The van der Waals surface area contributed by atoms with Gasteiger partial charge in [-0.2, -0.15) is 0 Å². The average molecular weight is 294 g/mol. The summed E-state index contributed by atoms with van der Waals surface area (Å²) in [6.45, 7) is 1.93. The summed E-state index contributed by atoms with van der Waals surface area (Å²) in [6, 6.07) is 0. The summed E-state index contributed by atoms with van der Waals surface area (Å²) < 4.78 is 23.5. The molecule has 8 heteroatoms. The zero-order chi connectivity index (χ0) is 14.8. The van der Waals surface area contributed by atoms with Crippen LogP contribution in [0.5, 0.6) is 0 Å². The van der Waals surface area contributed by atoms with Crippen LogP contribution in [0.2, 0.25) is 0 Å². The van der Waals surface area contributed by atoms with E-state index in [-0.39, 0.29) is 12.2 Å². The van der Waals surface area contributed by atoms with Gasteiger partial charge in [-0.1, -0.05) is 6.08 Å². The number of rotatable bonds is 4. The van der Waals surface area contributed by atoms with Gasteiger partial charge in [-0.05, 0) is 6.92 Å². The van der Waals surface area contributed by atoms with Gasteiger partial charge in [-0.25, -0.2) is 18.4 Å². The second-order valence-corrected chi connectivity index (χ2v) is 6.23. The summed E-state index contributed by atoms with van der Waals surface area (Å²) in [4.78, 5) is 20.2. The Morgan fingerprint density at radius 3 is 2.95 bits per heavy atom. The number of hydrogen-bond acceptors (Lipinski definition) is 5. The first-order chi connectivity index (χ1) is 9.37.